The maximum Gasteiger partial charge on any atom is 0.416 e. The average Bonchev–Trinajstić information content (AvgIpc) is 3.10. The minimum Gasteiger partial charge on any atom is -0.338 e. The second kappa shape index (κ2) is 6.10. The highest BCUT2D eigenvalue weighted by atomic mass is 19.4. The van der Waals surface area contributed by atoms with Crippen LogP contribution in [0.4, 0.5) is 13.2 Å². The normalized spacial score (nSPS) is 26.1. The van der Waals surface area contributed by atoms with Crippen molar-refractivity contribution in [2.24, 2.45) is 0 Å². The summed E-state index contributed by atoms with van der Waals surface area (Å²) in [6, 6.07) is 5.59. The molecule has 0 radical (unpaired) electrons. The molecule has 134 valence electrons. The molecule has 1 aromatic carbocycles. The van der Waals surface area contributed by atoms with E-state index in [4.69, 9.17) is 4.52 Å². The summed E-state index contributed by atoms with van der Waals surface area (Å²) in [6.45, 7) is 1.34. The van der Waals surface area contributed by atoms with Gasteiger partial charge in [-0.1, -0.05) is 17.3 Å². The number of nitrogens with zero attached hydrogens (tertiary/aromatic N) is 2. The van der Waals surface area contributed by atoms with Crippen molar-refractivity contribution in [2.75, 3.05) is 6.54 Å². The van der Waals surface area contributed by atoms with Gasteiger partial charge in [0, 0.05) is 23.7 Å². The predicted octanol–water partition coefficient (Wildman–Crippen LogP) is 3.13. The van der Waals surface area contributed by atoms with Crippen LogP contribution < -0.4 is 10.6 Å². The third kappa shape index (κ3) is 3.41. The molecule has 0 spiro atoms. The van der Waals surface area contributed by atoms with Crippen LogP contribution in [0.3, 0.4) is 0 Å². The van der Waals surface area contributed by atoms with E-state index in [2.05, 4.69) is 20.8 Å². The van der Waals surface area contributed by atoms with Crippen molar-refractivity contribution < 1.29 is 17.7 Å². The number of hydrogen-bond acceptors (Lipinski definition) is 5. The minimum absolute atomic E-state index is 0.0551. The Morgan fingerprint density at radius 2 is 2.08 bits per heavy atom. The number of rotatable bonds is 4. The summed E-state index contributed by atoms with van der Waals surface area (Å²) in [6.07, 6.45) is 0.146. The summed E-state index contributed by atoms with van der Waals surface area (Å²) in [4.78, 5) is 4.24. The van der Waals surface area contributed by atoms with E-state index >= 15 is 0 Å². The summed E-state index contributed by atoms with van der Waals surface area (Å²) < 4.78 is 43.7. The van der Waals surface area contributed by atoms with Gasteiger partial charge in [0.15, 0.2) is 0 Å². The summed E-state index contributed by atoms with van der Waals surface area (Å²) in [5.74, 6) is 0.556. The number of piperidine rings is 2. The Balaban J connectivity index is 1.45. The van der Waals surface area contributed by atoms with Crippen LogP contribution >= 0.6 is 0 Å². The molecule has 0 unspecified atom stereocenters. The third-order valence-corrected chi connectivity index (χ3v) is 5.20. The van der Waals surface area contributed by atoms with Crippen molar-refractivity contribution in [1.82, 2.24) is 20.8 Å². The smallest absolute Gasteiger partial charge is 0.338 e. The Kier molecular flexibility index (Phi) is 4.04. The van der Waals surface area contributed by atoms with E-state index in [0.29, 0.717) is 24.0 Å². The van der Waals surface area contributed by atoms with Gasteiger partial charge in [0.1, 0.15) is 0 Å². The van der Waals surface area contributed by atoms with Crippen LogP contribution in [0.5, 0.6) is 0 Å². The van der Waals surface area contributed by atoms with Gasteiger partial charge in [0.25, 0.3) is 0 Å². The molecule has 3 heterocycles. The summed E-state index contributed by atoms with van der Waals surface area (Å²) in [7, 11) is 0. The second-order valence-corrected chi connectivity index (χ2v) is 6.88. The van der Waals surface area contributed by atoms with Crippen LogP contribution in [-0.4, -0.2) is 28.3 Å². The van der Waals surface area contributed by atoms with Gasteiger partial charge in [-0.2, -0.15) is 18.2 Å². The Labute approximate surface area is 143 Å². The van der Waals surface area contributed by atoms with E-state index in [1.807, 2.05) is 0 Å². The number of halogens is 3. The van der Waals surface area contributed by atoms with Crippen molar-refractivity contribution in [3.05, 3.63) is 35.7 Å². The molecule has 25 heavy (non-hydrogen) atoms. The molecule has 2 bridgehead atoms. The number of benzene rings is 1. The zero-order valence-corrected chi connectivity index (χ0v) is 13.6. The molecule has 2 N–H and O–H groups in total. The number of hydrogen-bond donors (Lipinski definition) is 2. The predicted molar refractivity (Wildman–Crippen MR) is 84.6 cm³/mol. The molecule has 0 amide bonds. The van der Waals surface area contributed by atoms with Gasteiger partial charge >= 0.3 is 6.18 Å². The maximum atomic E-state index is 12.8. The molecule has 1 saturated carbocycles. The van der Waals surface area contributed by atoms with Crippen molar-refractivity contribution in [2.45, 2.75) is 50.0 Å². The monoisotopic (exact) mass is 352 g/mol. The number of fused-ring (bicyclic) bond motifs is 3. The fourth-order valence-corrected chi connectivity index (χ4v) is 3.67. The summed E-state index contributed by atoms with van der Waals surface area (Å²) in [5, 5.41) is 10.8. The van der Waals surface area contributed by atoms with Crippen LogP contribution in [0.2, 0.25) is 0 Å². The lowest BCUT2D eigenvalue weighted by Gasteiger charge is -2.47. The van der Waals surface area contributed by atoms with Crippen LogP contribution in [0.25, 0.3) is 11.4 Å². The molecular weight excluding hydrogens is 333 g/mol. The molecule has 2 saturated heterocycles. The van der Waals surface area contributed by atoms with Gasteiger partial charge in [0.05, 0.1) is 12.1 Å². The summed E-state index contributed by atoms with van der Waals surface area (Å²) in [5.41, 5.74) is -0.374. The van der Waals surface area contributed by atoms with E-state index in [9.17, 15) is 13.2 Å². The molecule has 3 fully saturated rings. The van der Waals surface area contributed by atoms with Crippen molar-refractivity contribution >= 4 is 0 Å². The highest BCUT2D eigenvalue weighted by Gasteiger charge is 2.40. The van der Waals surface area contributed by atoms with Crippen LogP contribution in [0, 0.1) is 0 Å². The molecule has 2 aromatic rings. The van der Waals surface area contributed by atoms with E-state index in [1.54, 1.807) is 6.07 Å². The standard InChI is InChI=1S/C17H19F3N4O/c18-17(19,20)12-3-1-2-11(8-12)15-23-14(25-24-15)9-22-16-6-4-13(5-7-16)21-10-16/h1-3,8,13,21-22H,4-7,9-10H2. The first kappa shape index (κ1) is 16.5. The lowest BCUT2D eigenvalue weighted by Crippen LogP contribution is -2.62. The molecular formula is C17H19F3N4O. The van der Waals surface area contributed by atoms with Crippen molar-refractivity contribution in [3.8, 4) is 11.4 Å². The maximum absolute atomic E-state index is 12.8. The Morgan fingerprint density at radius 1 is 1.28 bits per heavy atom. The second-order valence-electron chi connectivity index (χ2n) is 6.88. The molecule has 8 heteroatoms. The van der Waals surface area contributed by atoms with E-state index < -0.39 is 11.7 Å². The molecule has 5 nitrogen and oxygen atoms in total. The largest absolute Gasteiger partial charge is 0.416 e. The first-order valence-corrected chi connectivity index (χ1v) is 8.42. The van der Waals surface area contributed by atoms with Gasteiger partial charge < -0.3 is 15.2 Å². The number of alkyl halides is 3. The fraction of sp³-hybridized carbons (Fsp3) is 0.529. The molecule has 0 atom stereocenters. The lowest BCUT2D eigenvalue weighted by molar-refractivity contribution is -0.137. The Hall–Kier alpha value is -1.93. The van der Waals surface area contributed by atoms with Gasteiger partial charge in [-0.15, -0.1) is 0 Å². The zero-order chi connectivity index (χ0) is 17.5. The molecule has 1 aromatic heterocycles. The van der Waals surface area contributed by atoms with Gasteiger partial charge in [-0.05, 0) is 37.8 Å². The SMILES string of the molecule is FC(F)(F)c1cccc(-c2noc(CNC34CCC(CC3)NC4)n2)c1. The average molecular weight is 352 g/mol. The lowest BCUT2D eigenvalue weighted by atomic mass is 9.75. The van der Waals surface area contributed by atoms with Crippen molar-refractivity contribution in [3.63, 3.8) is 0 Å². The first-order chi connectivity index (χ1) is 11.9. The molecule has 5 rings (SSSR count). The first-order valence-electron chi connectivity index (χ1n) is 8.42. The minimum atomic E-state index is -4.39. The van der Waals surface area contributed by atoms with Gasteiger partial charge in [-0.3, -0.25) is 0 Å². The summed E-state index contributed by atoms with van der Waals surface area (Å²) >= 11 is 0. The molecule has 1 aliphatic carbocycles. The van der Waals surface area contributed by atoms with Crippen LogP contribution in [-0.2, 0) is 12.7 Å². The van der Waals surface area contributed by atoms with E-state index in [1.165, 1.54) is 6.07 Å². The molecule has 3 aliphatic rings. The topological polar surface area (TPSA) is 63.0 Å². The Morgan fingerprint density at radius 3 is 2.76 bits per heavy atom. The highest BCUT2D eigenvalue weighted by Crippen LogP contribution is 2.33. The third-order valence-electron chi connectivity index (χ3n) is 5.20. The van der Waals surface area contributed by atoms with E-state index in [-0.39, 0.29) is 11.4 Å². The van der Waals surface area contributed by atoms with Crippen LogP contribution in [0.15, 0.2) is 28.8 Å². The van der Waals surface area contributed by atoms with Crippen molar-refractivity contribution in [1.29, 1.82) is 0 Å². The van der Waals surface area contributed by atoms with Gasteiger partial charge in [0.2, 0.25) is 11.7 Å². The number of aromatic nitrogens is 2. The Bertz CT molecular complexity index is 737. The van der Waals surface area contributed by atoms with Crippen LogP contribution in [0.1, 0.15) is 37.1 Å². The molecule has 2 aliphatic heterocycles. The fourth-order valence-electron chi connectivity index (χ4n) is 3.67. The number of nitrogens with one attached hydrogen (secondary N) is 2. The quantitative estimate of drug-likeness (QED) is 0.885. The van der Waals surface area contributed by atoms with Gasteiger partial charge in [-0.25, -0.2) is 0 Å². The van der Waals surface area contributed by atoms with E-state index in [0.717, 1.165) is 44.4 Å². The zero-order valence-electron chi connectivity index (χ0n) is 13.6. The highest BCUT2D eigenvalue weighted by molar-refractivity contribution is 5.55.